The maximum atomic E-state index is 12.2. The lowest BCUT2D eigenvalue weighted by Crippen LogP contribution is -2.24. The van der Waals surface area contributed by atoms with E-state index in [4.69, 9.17) is 0 Å². The van der Waals surface area contributed by atoms with E-state index in [1.807, 2.05) is 37.3 Å². The van der Waals surface area contributed by atoms with Gasteiger partial charge in [0.1, 0.15) is 0 Å². The third-order valence-corrected chi connectivity index (χ3v) is 3.97. The van der Waals surface area contributed by atoms with Crippen LogP contribution in [0, 0.1) is 13.8 Å². The zero-order valence-electron chi connectivity index (χ0n) is 12.9. The molecule has 0 bridgehead atoms. The first-order valence-corrected chi connectivity index (χ1v) is 7.52. The molecule has 3 nitrogen and oxygen atoms in total. The molecule has 0 unspecified atom stereocenters. The van der Waals surface area contributed by atoms with Crippen molar-refractivity contribution < 1.29 is 4.79 Å². The van der Waals surface area contributed by atoms with Crippen LogP contribution < -0.4 is 5.32 Å². The van der Waals surface area contributed by atoms with Gasteiger partial charge in [-0.25, -0.2) is 0 Å². The molecule has 0 fully saturated rings. The van der Waals surface area contributed by atoms with Gasteiger partial charge >= 0.3 is 0 Å². The number of rotatable bonds is 4. The van der Waals surface area contributed by atoms with Crippen molar-refractivity contribution in [3.8, 4) is 0 Å². The second-order valence-corrected chi connectivity index (χ2v) is 5.71. The zero-order valence-corrected chi connectivity index (χ0v) is 12.9. The highest BCUT2D eigenvalue weighted by atomic mass is 16.1. The Bertz CT molecular complexity index is 800. The molecule has 2 N–H and O–H groups in total. The van der Waals surface area contributed by atoms with E-state index in [-0.39, 0.29) is 5.91 Å². The van der Waals surface area contributed by atoms with Crippen molar-refractivity contribution >= 4 is 16.8 Å². The molecular formula is C19H20N2O. The molecule has 0 aliphatic heterocycles. The lowest BCUT2D eigenvalue weighted by atomic mass is 10.1. The molecule has 0 aliphatic rings. The number of benzene rings is 2. The molecule has 3 heteroatoms. The van der Waals surface area contributed by atoms with Gasteiger partial charge in [0.05, 0.1) is 6.42 Å². The highest BCUT2D eigenvalue weighted by Crippen LogP contribution is 2.22. The largest absolute Gasteiger partial charge is 0.358 e. The summed E-state index contributed by atoms with van der Waals surface area (Å²) in [5, 5.41) is 4.13. The van der Waals surface area contributed by atoms with E-state index in [0.717, 1.165) is 27.7 Å². The normalized spacial score (nSPS) is 10.8. The van der Waals surface area contributed by atoms with E-state index in [9.17, 15) is 4.79 Å². The van der Waals surface area contributed by atoms with Crippen LogP contribution in [-0.4, -0.2) is 10.9 Å². The zero-order chi connectivity index (χ0) is 15.5. The second kappa shape index (κ2) is 6.06. The average Bonchev–Trinajstić information content (AvgIpc) is 2.83. The molecule has 0 saturated carbocycles. The van der Waals surface area contributed by atoms with Gasteiger partial charge in [-0.15, -0.1) is 0 Å². The smallest absolute Gasteiger partial charge is 0.224 e. The summed E-state index contributed by atoms with van der Waals surface area (Å²) in [6.45, 7) is 4.64. The SMILES string of the molecule is Cc1ccc(CNC(=O)Cc2c(C)[nH]c3ccccc23)cc1. The number of H-pyrrole nitrogens is 1. The molecule has 3 rings (SSSR count). The highest BCUT2D eigenvalue weighted by Gasteiger charge is 2.11. The van der Waals surface area contributed by atoms with E-state index in [1.165, 1.54) is 5.56 Å². The predicted octanol–water partition coefficient (Wildman–Crippen LogP) is 3.64. The lowest BCUT2D eigenvalue weighted by Gasteiger charge is -2.06. The summed E-state index contributed by atoms with van der Waals surface area (Å²) in [4.78, 5) is 15.6. The highest BCUT2D eigenvalue weighted by molar-refractivity contribution is 5.90. The van der Waals surface area contributed by atoms with E-state index >= 15 is 0 Å². The summed E-state index contributed by atoms with van der Waals surface area (Å²) in [6.07, 6.45) is 0.404. The fraction of sp³-hybridized carbons (Fsp3) is 0.211. The Balaban J connectivity index is 1.68. The second-order valence-electron chi connectivity index (χ2n) is 5.71. The van der Waals surface area contributed by atoms with Gasteiger partial charge in [-0.3, -0.25) is 4.79 Å². The third-order valence-electron chi connectivity index (χ3n) is 3.97. The van der Waals surface area contributed by atoms with E-state index < -0.39 is 0 Å². The Labute approximate surface area is 130 Å². The fourth-order valence-electron chi connectivity index (χ4n) is 2.69. The van der Waals surface area contributed by atoms with Crippen LogP contribution in [0.25, 0.3) is 10.9 Å². The number of nitrogens with one attached hydrogen (secondary N) is 2. The van der Waals surface area contributed by atoms with Crippen molar-refractivity contribution in [3.63, 3.8) is 0 Å². The predicted molar refractivity (Wildman–Crippen MR) is 89.8 cm³/mol. The van der Waals surface area contributed by atoms with Gasteiger partial charge in [0.2, 0.25) is 5.91 Å². The number of aryl methyl sites for hydroxylation is 2. The molecule has 0 saturated heterocycles. The number of carbonyl (C=O) groups excluding carboxylic acids is 1. The summed E-state index contributed by atoms with van der Waals surface area (Å²) in [6, 6.07) is 16.3. The van der Waals surface area contributed by atoms with Gasteiger partial charge in [-0.1, -0.05) is 48.0 Å². The van der Waals surface area contributed by atoms with Crippen LogP contribution in [0.5, 0.6) is 0 Å². The fourth-order valence-corrected chi connectivity index (χ4v) is 2.69. The minimum Gasteiger partial charge on any atom is -0.358 e. The van der Waals surface area contributed by atoms with Crippen LogP contribution in [0.1, 0.15) is 22.4 Å². The summed E-state index contributed by atoms with van der Waals surface area (Å²) < 4.78 is 0. The molecule has 0 radical (unpaired) electrons. The molecule has 0 spiro atoms. The van der Waals surface area contributed by atoms with Crippen molar-refractivity contribution in [2.24, 2.45) is 0 Å². The number of hydrogen-bond acceptors (Lipinski definition) is 1. The summed E-state index contributed by atoms with van der Waals surface area (Å²) >= 11 is 0. The Hall–Kier alpha value is -2.55. The molecule has 3 aromatic rings. The Morgan fingerprint density at radius 2 is 1.77 bits per heavy atom. The molecular weight excluding hydrogens is 272 g/mol. The summed E-state index contributed by atoms with van der Waals surface area (Å²) in [5.74, 6) is 0.0495. The number of amides is 1. The Kier molecular flexibility index (Phi) is 3.96. The molecule has 0 atom stereocenters. The van der Waals surface area contributed by atoms with Crippen molar-refractivity contribution in [2.75, 3.05) is 0 Å². The average molecular weight is 292 g/mol. The maximum absolute atomic E-state index is 12.2. The number of aromatic nitrogens is 1. The van der Waals surface area contributed by atoms with Gasteiger partial charge in [-0.2, -0.15) is 0 Å². The van der Waals surface area contributed by atoms with Gasteiger partial charge in [0.25, 0.3) is 0 Å². The number of carbonyl (C=O) groups is 1. The van der Waals surface area contributed by atoms with Crippen molar-refractivity contribution in [2.45, 2.75) is 26.8 Å². The Morgan fingerprint density at radius 1 is 1.05 bits per heavy atom. The first-order chi connectivity index (χ1) is 10.6. The van der Waals surface area contributed by atoms with Crippen LogP contribution in [0.4, 0.5) is 0 Å². The molecule has 1 heterocycles. The maximum Gasteiger partial charge on any atom is 0.224 e. The standard InChI is InChI=1S/C19H20N2O/c1-13-7-9-15(10-8-13)12-20-19(22)11-17-14(2)21-18-6-4-3-5-16(17)18/h3-10,21H,11-12H2,1-2H3,(H,20,22). The van der Waals surface area contributed by atoms with Gasteiger partial charge in [0, 0.05) is 23.1 Å². The van der Waals surface area contributed by atoms with Crippen molar-refractivity contribution in [1.82, 2.24) is 10.3 Å². The molecule has 1 amide bonds. The quantitative estimate of drug-likeness (QED) is 0.757. The Morgan fingerprint density at radius 3 is 2.55 bits per heavy atom. The summed E-state index contributed by atoms with van der Waals surface area (Å²) in [5.41, 5.74) is 5.57. The van der Waals surface area contributed by atoms with Crippen LogP contribution in [0.3, 0.4) is 0 Å². The van der Waals surface area contributed by atoms with E-state index in [0.29, 0.717) is 13.0 Å². The summed E-state index contributed by atoms with van der Waals surface area (Å²) in [7, 11) is 0. The van der Waals surface area contributed by atoms with Crippen LogP contribution in [-0.2, 0) is 17.8 Å². The topological polar surface area (TPSA) is 44.9 Å². The van der Waals surface area contributed by atoms with Crippen LogP contribution >= 0.6 is 0 Å². The molecule has 1 aromatic heterocycles. The monoisotopic (exact) mass is 292 g/mol. The van der Waals surface area contributed by atoms with E-state index in [2.05, 4.69) is 35.4 Å². The number of fused-ring (bicyclic) bond motifs is 1. The van der Waals surface area contributed by atoms with E-state index in [1.54, 1.807) is 0 Å². The number of aromatic amines is 1. The first-order valence-electron chi connectivity index (χ1n) is 7.52. The van der Waals surface area contributed by atoms with Crippen molar-refractivity contribution in [3.05, 3.63) is 70.9 Å². The van der Waals surface area contributed by atoms with Crippen LogP contribution in [0.2, 0.25) is 0 Å². The van der Waals surface area contributed by atoms with Gasteiger partial charge < -0.3 is 10.3 Å². The van der Waals surface area contributed by atoms with Crippen molar-refractivity contribution in [1.29, 1.82) is 0 Å². The first kappa shape index (κ1) is 14.4. The minimum atomic E-state index is 0.0495. The lowest BCUT2D eigenvalue weighted by molar-refractivity contribution is -0.120. The number of hydrogen-bond donors (Lipinski definition) is 2. The molecule has 112 valence electrons. The van der Waals surface area contributed by atoms with Crippen LogP contribution in [0.15, 0.2) is 48.5 Å². The van der Waals surface area contributed by atoms with Gasteiger partial charge in [0.15, 0.2) is 0 Å². The minimum absolute atomic E-state index is 0.0495. The molecule has 2 aromatic carbocycles. The molecule has 0 aliphatic carbocycles. The third kappa shape index (κ3) is 3.03. The molecule has 22 heavy (non-hydrogen) atoms. The van der Waals surface area contributed by atoms with Gasteiger partial charge in [-0.05, 0) is 31.0 Å². The number of para-hydroxylation sites is 1.